The molecule has 0 bridgehead atoms. The van der Waals surface area contributed by atoms with Crippen molar-refractivity contribution < 1.29 is 128 Å². The molecule has 3 aliphatic heterocycles. The quantitative estimate of drug-likeness (QED) is 0.0277. The number of hydrogen-bond donors (Lipinski definition) is 12. The molecular formula is C50H68O26. The zero-order chi connectivity index (χ0) is 55.7. The van der Waals surface area contributed by atoms with E-state index in [0.29, 0.717) is 16.7 Å². The summed E-state index contributed by atoms with van der Waals surface area (Å²) in [5, 5.41) is 124. The molecule has 17 unspecified atom stereocenters. The molecule has 0 amide bonds. The van der Waals surface area contributed by atoms with E-state index in [0.717, 1.165) is 14.2 Å². The molecule has 2 aliphatic carbocycles. The van der Waals surface area contributed by atoms with E-state index in [1.54, 1.807) is 26.0 Å². The van der Waals surface area contributed by atoms with Crippen molar-refractivity contribution in [3.63, 3.8) is 0 Å². The molecule has 1 aromatic rings. The maximum Gasteiger partial charge on any atom is 0.334 e. The van der Waals surface area contributed by atoms with Gasteiger partial charge in [-0.2, -0.15) is 0 Å². The molecule has 424 valence electrons. The zero-order valence-corrected chi connectivity index (χ0v) is 42.0. The van der Waals surface area contributed by atoms with Gasteiger partial charge in [-0.05, 0) is 62.0 Å². The fourth-order valence-electron chi connectivity index (χ4n) is 9.72. The molecule has 6 rings (SSSR count). The Labute approximate surface area is 435 Å². The normalized spacial score (nSPS) is 37.0. The first-order valence-electron chi connectivity index (χ1n) is 24.5. The van der Waals surface area contributed by atoms with Crippen LogP contribution in [0.1, 0.15) is 45.1 Å². The largest absolute Gasteiger partial charge is 0.504 e. The minimum atomic E-state index is -1.83. The van der Waals surface area contributed by atoms with Crippen LogP contribution in [0.15, 0.2) is 64.8 Å². The van der Waals surface area contributed by atoms with E-state index in [1.807, 2.05) is 0 Å². The molecule has 5 aliphatic rings. The smallest absolute Gasteiger partial charge is 0.334 e. The summed E-state index contributed by atoms with van der Waals surface area (Å²) in [4.78, 5) is 52.6. The zero-order valence-electron chi connectivity index (χ0n) is 42.0. The van der Waals surface area contributed by atoms with Gasteiger partial charge >= 0.3 is 23.9 Å². The van der Waals surface area contributed by atoms with Gasteiger partial charge in [-0.3, -0.25) is 9.59 Å². The highest BCUT2D eigenvalue weighted by Gasteiger charge is 2.49. The predicted molar refractivity (Wildman–Crippen MR) is 251 cm³/mol. The second kappa shape index (κ2) is 27.2. The number of aliphatic hydroxyl groups excluding tert-OH is 11. The number of allylic oxidation sites excluding steroid dienone is 2. The van der Waals surface area contributed by atoms with Crippen molar-refractivity contribution in [2.45, 2.75) is 150 Å². The first-order valence-corrected chi connectivity index (χ1v) is 24.5. The summed E-state index contributed by atoms with van der Waals surface area (Å²) in [6.45, 7) is 0.954. The van der Waals surface area contributed by atoms with Crippen molar-refractivity contribution >= 4 is 23.9 Å². The summed E-state index contributed by atoms with van der Waals surface area (Å²) in [6.07, 6.45) is -20.7. The Morgan fingerprint density at radius 3 is 1.50 bits per heavy atom. The van der Waals surface area contributed by atoms with Crippen LogP contribution in [0.5, 0.6) is 11.5 Å². The molecule has 0 aromatic heterocycles. The maximum atomic E-state index is 13.4. The fraction of sp³-hybridized carbons (Fsp3) is 0.640. The Kier molecular flexibility index (Phi) is 21.6. The van der Waals surface area contributed by atoms with Gasteiger partial charge < -0.3 is 109 Å². The van der Waals surface area contributed by atoms with Crippen molar-refractivity contribution in [3.8, 4) is 11.5 Å². The number of hydrogen-bond acceptors (Lipinski definition) is 26. The lowest BCUT2D eigenvalue weighted by molar-refractivity contribution is -0.308. The third-order valence-electron chi connectivity index (χ3n) is 13.9. The summed E-state index contributed by atoms with van der Waals surface area (Å²) in [6, 6.07) is 4.05. The molecule has 3 fully saturated rings. The Morgan fingerprint density at radius 1 is 0.605 bits per heavy atom. The van der Waals surface area contributed by atoms with Crippen LogP contribution >= 0.6 is 0 Å². The summed E-state index contributed by atoms with van der Waals surface area (Å²) in [5.41, 5.74) is 1.33. The Morgan fingerprint density at radius 2 is 1.05 bits per heavy atom. The molecule has 3 saturated heterocycles. The van der Waals surface area contributed by atoms with Crippen LogP contribution in [0.3, 0.4) is 0 Å². The highest BCUT2D eigenvalue weighted by molar-refractivity contribution is 5.92. The van der Waals surface area contributed by atoms with Crippen molar-refractivity contribution in [1.82, 2.24) is 0 Å². The fourth-order valence-corrected chi connectivity index (χ4v) is 9.72. The molecule has 1 aromatic carbocycles. The SMILES string of the molecule is C/C=C1\C(CC(=O)Oc2ccc(CCOC3OC(COC(=O)CC4C(C(=O)OC)=CC[C@@H](OC5OC(CO)C(O)C(O)C5O)/C4=C/C)C(O)C(O)C3O)cc2O)C(C(=O)OC)=CC[C@@H]1OC1OC(CO)C(O)C(O)C1O. The Hall–Kier alpha value is -4.82. The first kappa shape index (κ1) is 60.4. The number of phenols is 1. The average Bonchev–Trinajstić information content (AvgIpc) is 3.42. The second-order valence-electron chi connectivity index (χ2n) is 18.6. The summed E-state index contributed by atoms with van der Waals surface area (Å²) >= 11 is 0. The summed E-state index contributed by atoms with van der Waals surface area (Å²) in [5.74, 6) is -6.06. The van der Waals surface area contributed by atoms with Gasteiger partial charge in [0, 0.05) is 23.0 Å². The van der Waals surface area contributed by atoms with Crippen molar-refractivity contribution in [2.75, 3.05) is 40.6 Å². The Balaban J connectivity index is 1.03. The number of carbonyl (C=O) groups excluding carboxylic acids is 4. The van der Waals surface area contributed by atoms with Crippen LogP contribution in [-0.2, 0) is 68.2 Å². The number of methoxy groups -OCH3 is 2. The molecule has 0 spiro atoms. The summed E-state index contributed by atoms with van der Waals surface area (Å²) < 4.78 is 55.2. The van der Waals surface area contributed by atoms with Crippen LogP contribution in [0.25, 0.3) is 0 Å². The number of rotatable bonds is 19. The van der Waals surface area contributed by atoms with Gasteiger partial charge in [0.05, 0.1) is 59.1 Å². The van der Waals surface area contributed by atoms with Crippen LogP contribution in [-0.4, -0.2) is 230 Å². The van der Waals surface area contributed by atoms with E-state index in [2.05, 4.69) is 0 Å². The number of aliphatic hydroxyl groups is 11. The van der Waals surface area contributed by atoms with E-state index in [4.69, 9.17) is 47.4 Å². The molecule has 26 nitrogen and oxygen atoms in total. The molecule has 0 saturated carbocycles. The molecule has 0 radical (unpaired) electrons. The van der Waals surface area contributed by atoms with Crippen LogP contribution in [0, 0.1) is 11.8 Å². The van der Waals surface area contributed by atoms with Gasteiger partial charge in [0.2, 0.25) is 0 Å². The third kappa shape index (κ3) is 13.7. The maximum absolute atomic E-state index is 13.4. The van der Waals surface area contributed by atoms with Crippen molar-refractivity contribution in [3.05, 3.63) is 70.4 Å². The van der Waals surface area contributed by atoms with Crippen LogP contribution in [0.4, 0.5) is 0 Å². The van der Waals surface area contributed by atoms with Crippen molar-refractivity contribution in [1.29, 1.82) is 0 Å². The van der Waals surface area contributed by atoms with E-state index in [9.17, 15) is 80.5 Å². The monoisotopic (exact) mass is 1080 g/mol. The number of carbonyl (C=O) groups is 4. The van der Waals surface area contributed by atoms with Crippen LogP contribution in [0.2, 0.25) is 0 Å². The number of benzene rings is 1. The molecular weight excluding hydrogens is 1020 g/mol. The highest BCUT2D eigenvalue weighted by atomic mass is 16.7. The third-order valence-corrected chi connectivity index (χ3v) is 13.9. The van der Waals surface area contributed by atoms with Crippen molar-refractivity contribution in [2.24, 2.45) is 11.8 Å². The van der Waals surface area contributed by atoms with Crippen LogP contribution < -0.4 is 4.74 Å². The highest BCUT2D eigenvalue weighted by Crippen LogP contribution is 2.40. The van der Waals surface area contributed by atoms with E-state index in [1.165, 1.54) is 30.4 Å². The summed E-state index contributed by atoms with van der Waals surface area (Å²) in [7, 11) is 2.30. The van der Waals surface area contributed by atoms with Gasteiger partial charge in [0.25, 0.3) is 0 Å². The van der Waals surface area contributed by atoms with Gasteiger partial charge in [-0.25, -0.2) is 9.59 Å². The number of esters is 4. The Bertz CT molecular complexity index is 2290. The molecule has 12 N–H and O–H groups in total. The number of ether oxygens (including phenoxy) is 10. The average molecular weight is 1090 g/mol. The predicted octanol–water partition coefficient (Wildman–Crippen LogP) is -3.51. The van der Waals surface area contributed by atoms with E-state index < -0.39 is 178 Å². The lowest BCUT2D eigenvalue weighted by Gasteiger charge is -2.42. The minimum absolute atomic E-state index is 0.0243. The molecule has 26 heteroatoms. The molecule has 3 heterocycles. The van der Waals surface area contributed by atoms with Gasteiger partial charge in [-0.15, -0.1) is 0 Å². The topological polar surface area (TPSA) is 403 Å². The van der Waals surface area contributed by atoms with E-state index in [-0.39, 0.29) is 42.8 Å². The number of aromatic hydroxyl groups is 1. The lowest BCUT2D eigenvalue weighted by Crippen LogP contribution is -2.59. The standard InChI is InChI=1S/C50H68O26/c1-5-22-26(24(46(65)67-3)8-11-29(22)72-49-44(63)40(59)37(56)32(18-51)74-49)16-35(54)70-20-34-39(58)42(61)43(62)48(76-34)69-14-13-21-7-10-31(28(53)15-21)71-36(55)17-27-23(6-2)30(12-9-25(27)47(66)68-4)73-50-45(64)41(60)38(57)33(19-52)75-50/h5-10,15,26-27,29-30,32-34,37-45,48-53,56-64H,11-14,16-20H2,1-4H3/b22-5+,23-6+/t26?,27?,29-,30+,32?,33?,34?,37?,38?,39?,40?,41?,42?,43?,44?,45?,48?,49?,50?/m1/s1. The van der Waals surface area contributed by atoms with Gasteiger partial charge in [0.1, 0.15) is 79.9 Å². The van der Waals surface area contributed by atoms with Gasteiger partial charge in [-0.1, -0.05) is 30.4 Å². The minimum Gasteiger partial charge on any atom is -0.504 e. The molecule has 76 heavy (non-hydrogen) atoms. The van der Waals surface area contributed by atoms with E-state index >= 15 is 0 Å². The molecule has 19 atom stereocenters. The lowest BCUT2D eigenvalue weighted by atomic mass is 9.79. The number of phenolic OH excluding ortho intramolecular Hbond substituents is 1. The van der Waals surface area contributed by atoms with Gasteiger partial charge in [0.15, 0.2) is 30.4 Å². The second-order valence-corrected chi connectivity index (χ2v) is 18.6. The first-order chi connectivity index (χ1) is 36.2.